The van der Waals surface area contributed by atoms with Gasteiger partial charge in [-0.05, 0) is 47.2 Å². The molecular weight excluding hydrogens is 336 g/mol. The molecule has 1 aliphatic carbocycles. The summed E-state index contributed by atoms with van der Waals surface area (Å²) in [6.45, 7) is 8.37. The van der Waals surface area contributed by atoms with E-state index in [4.69, 9.17) is 0 Å². The van der Waals surface area contributed by atoms with Crippen molar-refractivity contribution >= 4 is 5.57 Å². The van der Waals surface area contributed by atoms with Crippen LogP contribution in [0.25, 0.3) is 5.57 Å². The highest BCUT2D eigenvalue weighted by Gasteiger charge is 2.45. The Bertz CT molecular complexity index is 1030. The number of aryl methyl sites for hydroxylation is 1. The third-order valence-corrected chi connectivity index (χ3v) is 5.54. The molecule has 0 saturated heterocycles. The highest BCUT2D eigenvalue weighted by molar-refractivity contribution is 5.91. The second kappa shape index (κ2) is 7.86. The molecule has 0 heterocycles. The molecule has 0 heteroatoms. The van der Waals surface area contributed by atoms with E-state index in [1.165, 1.54) is 39.0 Å². The maximum absolute atomic E-state index is 4.15. The molecule has 28 heavy (non-hydrogen) atoms. The zero-order valence-electron chi connectivity index (χ0n) is 15.9. The Labute approximate surface area is 169 Å². The quantitative estimate of drug-likeness (QED) is 0.450. The summed E-state index contributed by atoms with van der Waals surface area (Å²) in [5, 5.41) is 0. The molecule has 0 radical (unpaired) electrons. The van der Waals surface area contributed by atoms with Crippen molar-refractivity contribution in [3.63, 3.8) is 0 Å². The van der Waals surface area contributed by atoms with Crippen molar-refractivity contribution in [3.05, 3.63) is 137 Å². The number of fused-ring (bicyclic) bond motifs is 1. The smallest absolute Gasteiger partial charge is 0.0713 e. The van der Waals surface area contributed by atoms with E-state index in [1.54, 1.807) is 0 Å². The first-order chi connectivity index (χ1) is 13.2. The zero-order valence-corrected chi connectivity index (χ0v) is 15.9. The molecule has 3 aromatic carbocycles. The molecule has 0 aliphatic heterocycles. The van der Waals surface area contributed by atoms with Crippen LogP contribution in [0.15, 0.2) is 109 Å². The summed E-state index contributed by atoms with van der Waals surface area (Å²) in [5.41, 5.74) is 8.61. The van der Waals surface area contributed by atoms with Crippen LogP contribution in [0.4, 0.5) is 0 Å². The van der Waals surface area contributed by atoms with Gasteiger partial charge < -0.3 is 0 Å². The van der Waals surface area contributed by atoms with Gasteiger partial charge in [0, 0.05) is 0 Å². The molecule has 0 aromatic heterocycles. The van der Waals surface area contributed by atoms with Gasteiger partial charge in [-0.2, -0.15) is 0 Å². The summed E-state index contributed by atoms with van der Waals surface area (Å²) in [4.78, 5) is 0. The van der Waals surface area contributed by atoms with E-state index >= 15 is 0 Å². The molecular formula is C28H28. The SMILES string of the molecule is C.C=CC1=C(/C=C\C)C(c2ccccc2)(c2ccc(C)cc2)c2ccccc21. The topological polar surface area (TPSA) is 0 Å². The van der Waals surface area contributed by atoms with Crippen LogP contribution >= 0.6 is 0 Å². The van der Waals surface area contributed by atoms with Crippen molar-refractivity contribution in [1.29, 1.82) is 0 Å². The minimum absolute atomic E-state index is 0. The molecule has 0 fully saturated rings. The molecule has 0 saturated carbocycles. The summed E-state index contributed by atoms with van der Waals surface area (Å²) in [7, 11) is 0. The first-order valence-corrected chi connectivity index (χ1v) is 9.46. The zero-order chi connectivity index (χ0) is 18.9. The Morgan fingerprint density at radius 1 is 0.786 bits per heavy atom. The Balaban J connectivity index is 0.00000225. The third kappa shape index (κ3) is 2.77. The van der Waals surface area contributed by atoms with Gasteiger partial charge in [-0.3, -0.25) is 0 Å². The van der Waals surface area contributed by atoms with Crippen molar-refractivity contribution < 1.29 is 0 Å². The van der Waals surface area contributed by atoms with Gasteiger partial charge in [0.1, 0.15) is 0 Å². The van der Waals surface area contributed by atoms with Crippen LogP contribution in [0.1, 0.15) is 42.2 Å². The molecule has 0 N–H and O–H groups in total. The Kier molecular flexibility index (Phi) is 5.51. The average Bonchev–Trinajstić information content (AvgIpc) is 3.00. The van der Waals surface area contributed by atoms with Gasteiger partial charge in [-0.25, -0.2) is 0 Å². The van der Waals surface area contributed by atoms with E-state index < -0.39 is 0 Å². The number of allylic oxidation sites excluding steroid dienone is 5. The molecule has 4 rings (SSSR count). The van der Waals surface area contributed by atoms with Crippen LogP contribution in [0.3, 0.4) is 0 Å². The lowest BCUT2D eigenvalue weighted by molar-refractivity contribution is 0.761. The number of hydrogen-bond donors (Lipinski definition) is 0. The first kappa shape index (κ1) is 19.6. The summed E-state index contributed by atoms with van der Waals surface area (Å²) >= 11 is 0. The highest BCUT2D eigenvalue weighted by Crippen LogP contribution is 2.55. The normalized spacial score (nSPS) is 18.1. The lowest BCUT2D eigenvalue weighted by Crippen LogP contribution is -2.29. The Hall–Kier alpha value is -3.12. The minimum atomic E-state index is -0.332. The molecule has 1 unspecified atom stereocenters. The number of hydrogen-bond acceptors (Lipinski definition) is 0. The minimum Gasteiger partial charge on any atom is -0.0984 e. The van der Waals surface area contributed by atoms with Crippen LogP contribution in [-0.4, -0.2) is 0 Å². The first-order valence-electron chi connectivity index (χ1n) is 9.46. The predicted octanol–water partition coefficient (Wildman–Crippen LogP) is 7.49. The predicted molar refractivity (Wildman–Crippen MR) is 123 cm³/mol. The van der Waals surface area contributed by atoms with Gasteiger partial charge in [0.2, 0.25) is 0 Å². The van der Waals surface area contributed by atoms with Crippen molar-refractivity contribution in [2.24, 2.45) is 0 Å². The maximum Gasteiger partial charge on any atom is 0.0713 e. The largest absolute Gasteiger partial charge is 0.0984 e. The fourth-order valence-electron chi connectivity index (χ4n) is 4.42. The van der Waals surface area contributed by atoms with Gasteiger partial charge >= 0.3 is 0 Å². The molecule has 0 amide bonds. The van der Waals surface area contributed by atoms with E-state index in [0.717, 1.165) is 0 Å². The fraction of sp³-hybridized carbons (Fsp3) is 0.143. The second-order valence-corrected chi connectivity index (χ2v) is 7.06. The highest BCUT2D eigenvalue weighted by atomic mass is 14.5. The third-order valence-electron chi connectivity index (χ3n) is 5.54. The van der Waals surface area contributed by atoms with Gasteiger partial charge in [0.15, 0.2) is 0 Å². The monoisotopic (exact) mass is 364 g/mol. The Morgan fingerprint density at radius 3 is 2.04 bits per heavy atom. The molecule has 0 bridgehead atoms. The molecule has 0 nitrogen and oxygen atoms in total. The fourth-order valence-corrected chi connectivity index (χ4v) is 4.42. The van der Waals surface area contributed by atoms with Crippen LogP contribution in [0.2, 0.25) is 0 Å². The number of rotatable bonds is 4. The summed E-state index contributed by atoms with van der Waals surface area (Å²) in [5.74, 6) is 0. The van der Waals surface area contributed by atoms with E-state index in [9.17, 15) is 0 Å². The molecule has 1 atom stereocenters. The molecule has 0 spiro atoms. The molecule has 1 aliphatic rings. The van der Waals surface area contributed by atoms with E-state index in [1.807, 2.05) is 6.08 Å². The standard InChI is InChI=1S/C27H24.CH4/c1-4-11-25-23(5-2)24-14-9-10-15-26(24)27(25,21-12-7-6-8-13-21)22-18-16-20(3)17-19-22;/h4-19H,2H2,1,3H3;1H4/b11-4-;. The second-order valence-electron chi connectivity index (χ2n) is 7.06. The van der Waals surface area contributed by atoms with Gasteiger partial charge in [-0.1, -0.05) is 117 Å². The lowest BCUT2D eigenvalue weighted by Gasteiger charge is -2.35. The van der Waals surface area contributed by atoms with Crippen molar-refractivity contribution in [1.82, 2.24) is 0 Å². The average molecular weight is 365 g/mol. The summed E-state index contributed by atoms with van der Waals surface area (Å²) in [6, 6.07) is 28.5. The van der Waals surface area contributed by atoms with Crippen LogP contribution in [0, 0.1) is 6.92 Å². The summed E-state index contributed by atoms with van der Waals surface area (Å²) < 4.78 is 0. The van der Waals surface area contributed by atoms with E-state index in [0.29, 0.717) is 0 Å². The lowest BCUT2D eigenvalue weighted by atomic mass is 9.66. The van der Waals surface area contributed by atoms with Crippen LogP contribution < -0.4 is 0 Å². The molecule has 140 valence electrons. The van der Waals surface area contributed by atoms with Gasteiger partial charge in [0.25, 0.3) is 0 Å². The summed E-state index contributed by atoms with van der Waals surface area (Å²) in [6.07, 6.45) is 6.40. The van der Waals surface area contributed by atoms with Crippen LogP contribution in [0.5, 0.6) is 0 Å². The maximum atomic E-state index is 4.15. The van der Waals surface area contributed by atoms with Gasteiger partial charge in [-0.15, -0.1) is 0 Å². The van der Waals surface area contributed by atoms with Gasteiger partial charge in [0.05, 0.1) is 5.41 Å². The number of benzene rings is 3. The Morgan fingerprint density at radius 2 is 1.39 bits per heavy atom. The van der Waals surface area contributed by atoms with E-state index in [2.05, 4.69) is 111 Å². The van der Waals surface area contributed by atoms with Crippen molar-refractivity contribution in [2.75, 3.05) is 0 Å². The molecule has 3 aromatic rings. The van der Waals surface area contributed by atoms with Crippen molar-refractivity contribution in [3.8, 4) is 0 Å². The van der Waals surface area contributed by atoms with E-state index in [-0.39, 0.29) is 12.8 Å². The van der Waals surface area contributed by atoms with Crippen LogP contribution in [-0.2, 0) is 5.41 Å². The van der Waals surface area contributed by atoms with Crippen molar-refractivity contribution in [2.45, 2.75) is 26.7 Å².